The molecule has 0 unspecified atom stereocenters. The lowest BCUT2D eigenvalue weighted by Gasteiger charge is -2.27. The lowest BCUT2D eigenvalue weighted by atomic mass is 9.81. The van der Waals surface area contributed by atoms with E-state index in [1.165, 1.54) is 0 Å². The van der Waals surface area contributed by atoms with Gasteiger partial charge < -0.3 is 21.3 Å². The molecule has 4 N–H and O–H groups in total. The molecule has 2 heterocycles. The zero-order valence-corrected chi connectivity index (χ0v) is 20.4. The predicted octanol–water partition coefficient (Wildman–Crippen LogP) is 3.19. The van der Waals surface area contributed by atoms with E-state index in [0.717, 1.165) is 60.4 Å². The average Bonchev–Trinajstić information content (AvgIpc) is 3.60. The first-order chi connectivity index (χ1) is 16.7. The minimum atomic E-state index is -0.0661. The van der Waals surface area contributed by atoms with Crippen LogP contribution in [0.4, 0.5) is 11.4 Å². The number of hydrogen-bond acceptors (Lipinski definition) is 6. The third-order valence-corrected chi connectivity index (χ3v) is 6.67. The van der Waals surface area contributed by atoms with Crippen molar-refractivity contribution in [3.8, 4) is 0 Å². The molecule has 2 aliphatic heterocycles. The lowest BCUT2D eigenvalue weighted by Crippen LogP contribution is -2.32. The Labute approximate surface area is 211 Å². The summed E-state index contributed by atoms with van der Waals surface area (Å²) in [5.74, 6) is 1.74. The van der Waals surface area contributed by atoms with Crippen molar-refractivity contribution >= 4 is 47.3 Å². The summed E-state index contributed by atoms with van der Waals surface area (Å²) in [6.45, 7) is 3.34. The van der Waals surface area contributed by atoms with Crippen molar-refractivity contribution < 1.29 is 9.59 Å². The maximum absolute atomic E-state index is 12.8. The molecule has 0 atom stereocenters. The Kier molecular flexibility index (Phi) is 8.02. The van der Waals surface area contributed by atoms with Crippen molar-refractivity contribution in [3.05, 3.63) is 59.7 Å². The first-order valence-corrected chi connectivity index (χ1v) is 12.0. The second-order valence-corrected chi connectivity index (χ2v) is 9.00. The number of hydrogen-bond donors (Lipinski definition) is 4. The summed E-state index contributed by atoms with van der Waals surface area (Å²) >= 11 is 0. The van der Waals surface area contributed by atoms with E-state index < -0.39 is 0 Å². The number of nitrogens with one attached hydrogen (secondary N) is 4. The van der Waals surface area contributed by atoms with Gasteiger partial charge in [-0.05, 0) is 74.2 Å². The number of nitrogens with zero attached hydrogens (tertiary/aromatic N) is 2. The zero-order chi connectivity index (χ0) is 23.3. The number of rotatable bonds is 6. The van der Waals surface area contributed by atoms with E-state index in [1.807, 2.05) is 48.5 Å². The second-order valence-electron chi connectivity index (χ2n) is 9.00. The van der Waals surface area contributed by atoms with Gasteiger partial charge in [0.2, 0.25) is 11.8 Å². The largest absolute Gasteiger partial charge is 0.368 e. The second kappa shape index (κ2) is 11.4. The highest BCUT2D eigenvalue weighted by atomic mass is 35.5. The van der Waals surface area contributed by atoms with E-state index in [1.54, 1.807) is 0 Å². The van der Waals surface area contributed by atoms with Crippen molar-refractivity contribution in [2.45, 2.75) is 25.7 Å². The number of carbonyl (C=O) groups excluding carboxylic acids is 2. The molecule has 1 aliphatic carbocycles. The Bertz CT molecular complexity index is 1020. The number of carbonyl (C=O) groups is 2. The molecule has 184 valence electrons. The fraction of sp³-hybridized carbons (Fsp3) is 0.385. The fourth-order valence-corrected chi connectivity index (χ4v) is 4.71. The predicted molar refractivity (Wildman–Crippen MR) is 142 cm³/mol. The van der Waals surface area contributed by atoms with E-state index in [-0.39, 0.29) is 36.1 Å². The zero-order valence-electron chi connectivity index (χ0n) is 19.5. The summed E-state index contributed by atoms with van der Waals surface area (Å²) in [4.78, 5) is 34.3. The normalized spacial score (nSPS) is 21.0. The van der Waals surface area contributed by atoms with E-state index in [0.29, 0.717) is 25.7 Å². The van der Waals surface area contributed by atoms with Crippen LogP contribution in [0.1, 0.15) is 36.8 Å². The standard InChI is InChI=1S/C26H30N6O2.ClH/c33-25(31-21-9-5-17(6-10-21)23-27-13-14-28-23)19-1-2-20(4-3-19)26(34)32-22-11-7-18(8-12-22)24-29-15-16-30-24;/h5-12,19-20H,1-4,13-16H2,(H,27,28)(H,29,30)(H,31,33)(H,32,34);1H. The number of amidine groups is 2. The van der Waals surface area contributed by atoms with Crippen LogP contribution in [0.5, 0.6) is 0 Å². The number of anilines is 2. The van der Waals surface area contributed by atoms with E-state index in [4.69, 9.17) is 0 Å². The molecule has 0 spiro atoms. The van der Waals surface area contributed by atoms with Crippen LogP contribution in [-0.4, -0.2) is 49.7 Å². The maximum Gasteiger partial charge on any atom is 0.227 e. The Balaban J connectivity index is 0.00000289. The molecule has 0 saturated heterocycles. The molecule has 0 aromatic heterocycles. The van der Waals surface area contributed by atoms with Gasteiger partial charge in [0.15, 0.2) is 0 Å². The summed E-state index contributed by atoms with van der Waals surface area (Å²) in [5.41, 5.74) is 3.63. The van der Waals surface area contributed by atoms with Gasteiger partial charge in [0.1, 0.15) is 11.7 Å². The smallest absolute Gasteiger partial charge is 0.227 e. The number of amides is 2. The minimum Gasteiger partial charge on any atom is -0.368 e. The van der Waals surface area contributed by atoms with Crippen LogP contribution in [0.25, 0.3) is 0 Å². The molecule has 2 aromatic carbocycles. The maximum atomic E-state index is 12.8. The Morgan fingerprint density at radius 2 is 1.03 bits per heavy atom. The summed E-state index contributed by atoms with van der Waals surface area (Å²) in [6, 6.07) is 15.5. The highest BCUT2D eigenvalue weighted by molar-refractivity contribution is 6.01. The monoisotopic (exact) mass is 494 g/mol. The van der Waals surface area contributed by atoms with E-state index in [9.17, 15) is 9.59 Å². The van der Waals surface area contributed by atoms with Crippen LogP contribution in [0.3, 0.4) is 0 Å². The van der Waals surface area contributed by atoms with Gasteiger partial charge in [0.25, 0.3) is 0 Å². The van der Waals surface area contributed by atoms with Gasteiger partial charge in [-0.3, -0.25) is 19.6 Å². The molecular formula is C26H31ClN6O2. The highest BCUT2D eigenvalue weighted by Crippen LogP contribution is 2.30. The first kappa shape index (κ1) is 24.7. The van der Waals surface area contributed by atoms with Crippen molar-refractivity contribution in [1.29, 1.82) is 0 Å². The van der Waals surface area contributed by atoms with Gasteiger partial charge in [-0.2, -0.15) is 0 Å². The highest BCUT2D eigenvalue weighted by Gasteiger charge is 2.30. The molecule has 9 heteroatoms. The third kappa shape index (κ3) is 6.00. The van der Waals surface area contributed by atoms with Crippen LogP contribution in [0.15, 0.2) is 58.5 Å². The topological polar surface area (TPSA) is 107 Å². The Morgan fingerprint density at radius 3 is 1.34 bits per heavy atom. The van der Waals surface area contributed by atoms with Crippen LogP contribution in [-0.2, 0) is 9.59 Å². The van der Waals surface area contributed by atoms with Crippen molar-refractivity contribution in [2.75, 3.05) is 36.8 Å². The van der Waals surface area contributed by atoms with E-state index in [2.05, 4.69) is 31.3 Å². The average molecular weight is 495 g/mol. The van der Waals surface area contributed by atoms with Gasteiger partial charge in [-0.15, -0.1) is 12.4 Å². The molecular weight excluding hydrogens is 464 g/mol. The van der Waals surface area contributed by atoms with Gasteiger partial charge in [-0.25, -0.2) is 0 Å². The minimum absolute atomic E-state index is 0. The summed E-state index contributed by atoms with van der Waals surface area (Å²) in [6.07, 6.45) is 2.86. The number of aliphatic imine (C=N–C) groups is 2. The molecule has 0 bridgehead atoms. The quantitative estimate of drug-likeness (QED) is 0.494. The van der Waals surface area contributed by atoms with Crippen molar-refractivity contribution in [1.82, 2.24) is 10.6 Å². The summed E-state index contributed by atoms with van der Waals surface area (Å²) in [7, 11) is 0. The van der Waals surface area contributed by atoms with Crippen LogP contribution in [0.2, 0.25) is 0 Å². The summed E-state index contributed by atoms with van der Waals surface area (Å²) < 4.78 is 0. The van der Waals surface area contributed by atoms with E-state index >= 15 is 0 Å². The molecule has 8 nitrogen and oxygen atoms in total. The van der Waals surface area contributed by atoms with Crippen LogP contribution >= 0.6 is 12.4 Å². The number of halogens is 1. The van der Waals surface area contributed by atoms with Crippen molar-refractivity contribution in [2.24, 2.45) is 21.8 Å². The number of benzene rings is 2. The van der Waals surface area contributed by atoms with Gasteiger partial charge in [0.05, 0.1) is 13.1 Å². The van der Waals surface area contributed by atoms with Gasteiger partial charge >= 0.3 is 0 Å². The molecule has 1 fully saturated rings. The first-order valence-electron chi connectivity index (χ1n) is 12.0. The third-order valence-electron chi connectivity index (χ3n) is 6.67. The lowest BCUT2D eigenvalue weighted by molar-refractivity contribution is -0.125. The molecule has 3 aliphatic rings. The fourth-order valence-electron chi connectivity index (χ4n) is 4.71. The molecule has 2 aromatic rings. The molecule has 35 heavy (non-hydrogen) atoms. The van der Waals surface area contributed by atoms with Crippen molar-refractivity contribution in [3.63, 3.8) is 0 Å². The molecule has 0 radical (unpaired) electrons. The van der Waals surface area contributed by atoms with Crippen LogP contribution in [0, 0.1) is 11.8 Å². The van der Waals surface area contributed by atoms with Gasteiger partial charge in [0, 0.05) is 47.4 Å². The Morgan fingerprint density at radius 1 is 0.657 bits per heavy atom. The molecule has 2 amide bonds. The molecule has 5 rings (SSSR count). The Hall–Kier alpha value is -3.39. The van der Waals surface area contributed by atoms with Gasteiger partial charge in [-0.1, -0.05) is 0 Å². The molecule has 1 saturated carbocycles. The summed E-state index contributed by atoms with van der Waals surface area (Å²) in [5, 5.41) is 12.6. The van der Waals surface area contributed by atoms with Crippen LogP contribution < -0.4 is 21.3 Å². The SMILES string of the molecule is Cl.O=C(Nc1ccc(C2=NCCN2)cc1)C1CCC(C(=O)Nc2ccc(C3=NCCN3)cc2)CC1.